The van der Waals surface area contributed by atoms with Gasteiger partial charge in [0.15, 0.2) is 0 Å². The molecule has 12 heteroatoms. The molecule has 33 heavy (non-hydrogen) atoms. The van der Waals surface area contributed by atoms with Crippen molar-refractivity contribution in [2.45, 2.75) is 42.4 Å². The van der Waals surface area contributed by atoms with E-state index in [2.05, 4.69) is 24.7 Å². The van der Waals surface area contributed by atoms with Crippen LogP contribution in [0.1, 0.15) is 5.56 Å². The highest BCUT2D eigenvalue weighted by Gasteiger charge is 2.67. The molecule has 0 spiro atoms. The lowest BCUT2D eigenvalue weighted by Gasteiger charge is -2.34. The molecule has 1 unspecified atom stereocenters. The van der Waals surface area contributed by atoms with Gasteiger partial charge in [-0.15, -0.1) is 24.7 Å². The monoisotopic (exact) mass is 501 g/mol. The Labute approximate surface area is 186 Å². The quantitative estimate of drug-likeness (QED) is 0.173. The highest BCUT2D eigenvalue weighted by molar-refractivity contribution is 6.81. The summed E-state index contributed by atoms with van der Waals surface area (Å²) >= 11 is 0. The van der Waals surface area contributed by atoms with Crippen molar-refractivity contribution in [3.63, 3.8) is 0 Å². The highest BCUT2D eigenvalue weighted by Crippen LogP contribution is 2.40. The van der Waals surface area contributed by atoms with Crippen LogP contribution in [0.15, 0.2) is 62.2 Å². The number of nitrogens with zero attached hydrogens (tertiary/aromatic N) is 1. The van der Waals surface area contributed by atoms with Crippen LogP contribution in [0.25, 0.3) is 0 Å². The summed E-state index contributed by atoms with van der Waals surface area (Å²) in [7, 11) is -2.51. The van der Waals surface area contributed by atoms with Crippen LogP contribution in [-0.4, -0.2) is 32.6 Å². The Kier molecular flexibility index (Phi) is 9.61. The third kappa shape index (κ3) is 6.76. The summed E-state index contributed by atoms with van der Waals surface area (Å²) in [4.78, 5) is 15.1. The molecule has 0 bridgehead atoms. The fourth-order valence-electron chi connectivity index (χ4n) is 3.39. The van der Waals surface area contributed by atoms with Crippen LogP contribution in [0.4, 0.5) is 40.9 Å². The van der Waals surface area contributed by atoms with E-state index in [1.54, 1.807) is 18.2 Å². The molecule has 0 aliphatic rings. The Bertz CT molecular complexity index is 829. The summed E-state index contributed by atoms with van der Waals surface area (Å²) in [6.07, 6.45) is -6.33. The lowest BCUT2D eigenvalue weighted by Crippen LogP contribution is -2.56. The summed E-state index contributed by atoms with van der Waals surface area (Å²) in [5.74, 6) is -7.93. The van der Waals surface area contributed by atoms with E-state index < -0.39 is 50.0 Å². The van der Waals surface area contributed by atoms with Gasteiger partial charge < -0.3 is 4.90 Å². The number of amides is 1. The first kappa shape index (κ1) is 28.6. The molecular weight excluding hydrogens is 478 g/mol. The van der Waals surface area contributed by atoms with Gasteiger partial charge in [-0.25, -0.2) is 0 Å². The molecule has 0 fully saturated rings. The van der Waals surface area contributed by atoms with Gasteiger partial charge in [-0.2, -0.15) is 30.7 Å². The van der Waals surface area contributed by atoms with Crippen LogP contribution < -0.4 is 4.90 Å². The standard InChI is InChI=1S/C21H23F8NO2Si/c1-4-11-33(12-5-2,13-6-3)14-10-30(18(31)19(22,32-29)21(26,27)28)17-9-7-8-16(15-17)20(23,24)25/h4-9,15H,1-3,10-14H2. The number of allylic oxidation sites excluding steroid dienone is 3. The summed E-state index contributed by atoms with van der Waals surface area (Å²) in [6, 6.07) is 3.98. The number of carbonyl (C=O) groups excluding carboxylic acids is 1. The van der Waals surface area contributed by atoms with Gasteiger partial charge in [0.05, 0.1) is 13.6 Å². The van der Waals surface area contributed by atoms with Gasteiger partial charge in [0, 0.05) is 12.2 Å². The predicted molar refractivity (Wildman–Crippen MR) is 111 cm³/mol. The molecule has 0 N–H and O–H groups in total. The molecule has 0 aliphatic heterocycles. The van der Waals surface area contributed by atoms with Gasteiger partial charge in [-0.3, -0.25) is 4.79 Å². The van der Waals surface area contributed by atoms with Crippen LogP contribution in [-0.2, 0) is 15.9 Å². The first-order valence-corrected chi connectivity index (χ1v) is 12.4. The molecule has 1 rings (SSSR count). The van der Waals surface area contributed by atoms with Crippen LogP contribution in [0.5, 0.6) is 0 Å². The van der Waals surface area contributed by atoms with E-state index in [9.17, 15) is 40.1 Å². The summed E-state index contributed by atoms with van der Waals surface area (Å²) < 4.78 is 106. The van der Waals surface area contributed by atoms with Gasteiger partial charge in [0.2, 0.25) is 0 Å². The minimum Gasteiger partial charge on any atom is -0.307 e. The third-order valence-corrected chi connectivity index (χ3v) is 9.82. The van der Waals surface area contributed by atoms with Gasteiger partial charge in [0.1, 0.15) is 0 Å². The SMILES string of the molecule is C=CC[Si](CC=C)(CC=C)CCN(C(=O)C(F)(OF)C(F)(F)F)c1cccc(C(F)(F)F)c1. The van der Waals surface area contributed by atoms with E-state index in [-0.39, 0.29) is 10.9 Å². The molecule has 184 valence electrons. The number of carbonyl (C=O) groups is 1. The van der Waals surface area contributed by atoms with Crippen molar-refractivity contribution in [1.29, 1.82) is 0 Å². The zero-order valence-electron chi connectivity index (χ0n) is 17.5. The van der Waals surface area contributed by atoms with Crippen LogP contribution in [0, 0.1) is 0 Å². The van der Waals surface area contributed by atoms with E-state index in [0.717, 1.165) is 12.1 Å². The molecule has 1 amide bonds. The second-order valence-corrected chi connectivity index (χ2v) is 12.1. The van der Waals surface area contributed by atoms with Crippen LogP contribution in [0.3, 0.4) is 0 Å². The van der Waals surface area contributed by atoms with E-state index in [0.29, 0.717) is 30.3 Å². The maximum Gasteiger partial charge on any atom is 0.461 e. The first-order valence-electron chi connectivity index (χ1n) is 9.58. The minimum atomic E-state index is -6.13. The average molecular weight is 501 g/mol. The average Bonchev–Trinajstić information content (AvgIpc) is 2.72. The van der Waals surface area contributed by atoms with E-state index >= 15 is 0 Å². The van der Waals surface area contributed by atoms with Crippen molar-refractivity contribution in [2.75, 3.05) is 11.4 Å². The molecule has 0 saturated heterocycles. The summed E-state index contributed by atoms with van der Waals surface area (Å²) in [6.45, 7) is 10.3. The largest absolute Gasteiger partial charge is 0.461 e. The topological polar surface area (TPSA) is 29.5 Å². The second kappa shape index (κ2) is 11.1. The smallest absolute Gasteiger partial charge is 0.307 e. The lowest BCUT2D eigenvalue weighted by atomic mass is 10.1. The molecule has 0 aliphatic carbocycles. The Hall–Kier alpha value is -2.47. The van der Waals surface area contributed by atoms with Crippen LogP contribution >= 0.6 is 0 Å². The molecular formula is C21H23F8NO2Si. The Morgan fingerprint density at radius 1 is 0.970 bits per heavy atom. The van der Waals surface area contributed by atoms with Gasteiger partial charge in [0.25, 0.3) is 0 Å². The van der Waals surface area contributed by atoms with Crippen molar-refractivity contribution >= 4 is 19.7 Å². The predicted octanol–water partition coefficient (Wildman–Crippen LogP) is 7.17. The van der Waals surface area contributed by atoms with Crippen molar-refractivity contribution in [3.8, 4) is 0 Å². The minimum absolute atomic E-state index is 0.0132. The number of hydrogen-bond acceptors (Lipinski definition) is 2. The molecule has 0 aromatic heterocycles. The van der Waals surface area contributed by atoms with Gasteiger partial charge in [-0.1, -0.05) is 24.3 Å². The van der Waals surface area contributed by atoms with Crippen molar-refractivity contribution in [2.24, 2.45) is 0 Å². The number of alkyl halides is 7. The van der Waals surface area contributed by atoms with Crippen molar-refractivity contribution in [1.82, 2.24) is 0 Å². The fourth-order valence-corrected chi connectivity index (χ4v) is 7.04. The Morgan fingerprint density at radius 3 is 1.88 bits per heavy atom. The van der Waals surface area contributed by atoms with Gasteiger partial charge >= 0.3 is 24.1 Å². The number of rotatable bonds is 12. The molecule has 0 saturated carbocycles. The lowest BCUT2D eigenvalue weighted by molar-refractivity contribution is -0.380. The van der Waals surface area contributed by atoms with E-state index in [4.69, 9.17) is 0 Å². The second-order valence-electron chi connectivity index (χ2n) is 7.40. The summed E-state index contributed by atoms with van der Waals surface area (Å²) in [5, 5.41) is 0. The Balaban J connectivity index is 3.57. The molecule has 0 heterocycles. The zero-order chi connectivity index (χ0) is 25.5. The van der Waals surface area contributed by atoms with Crippen molar-refractivity contribution < 1.29 is 45.0 Å². The number of halogens is 8. The summed E-state index contributed by atoms with van der Waals surface area (Å²) in [5.41, 5.74) is -1.99. The van der Waals surface area contributed by atoms with Crippen LogP contribution in [0.2, 0.25) is 24.2 Å². The molecule has 3 nitrogen and oxygen atoms in total. The Morgan fingerprint density at radius 2 is 1.48 bits per heavy atom. The van der Waals surface area contributed by atoms with E-state index in [1.807, 2.05) is 0 Å². The van der Waals surface area contributed by atoms with Gasteiger partial charge in [-0.05, 0) is 46.9 Å². The molecule has 1 aromatic carbocycles. The number of benzene rings is 1. The maximum atomic E-state index is 14.4. The molecule has 0 radical (unpaired) electrons. The number of hydrogen-bond donors (Lipinski definition) is 0. The highest BCUT2D eigenvalue weighted by atomic mass is 28.3. The van der Waals surface area contributed by atoms with E-state index in [1.165, 1.54) is 0 Å². The first-order chi connectivity index (χ1) is 15.2. The molecule has 1 atom stereocenters. The molecule has 1 aromatic rings. The van der Waals surface area contributed by atoms with Crippen molar-refractivity contribution in [3.05, 3.63) is 67.8 Å². The fraction of sp³-hybridized carbons (Fsp3) is 0.381. The zero-order valence-corrected chi connectivity index (χ0v) is 18.5. The normalized spacial score (nSPS) is 14.3. The number of anilines is 1. The maximum absolute atomic E-state index is 14.4. The third-order valence-electron chi connectivity index (χ3n) is 5.07.